The van der Waals surface area contributed by atoms with Crippen LogP contribution in [0, 0.1) is 0 Å². The van der Waals surface area contributed by atoms with E-state index in [9.17, 15) is 0 Å². The molecule has 3 heteroatoms. The number of benzene rings is 1. The van der Waals surface area contributed by atoms with Gasteiger partial charge >= 0.3 is 0 Å². The van der Waals surface area contributed by atoms with E-state index in [4.69, 9.17) is 16.7 Å². The SMILES string of the molecule is C=C(Cl)CSc1cccc(O)c1. The zero-order chi connectivity index (χ0) is 8.97. The average molecular weight is 201 g/mol. The molecule has 0 aromatic heterocycles. The smallest absolute Gasteiger partial charge is 0.116 e. The van der Waals surface area contributed by atoms with Gasteiger partial charge in [0.1, 0.15) is 5.75 Å². The molecule has 0 spiro atoms. The summed E-state index contributed by atoms with van der Waals surface area (Å²) < 4.78 is 0. The molecule has 0 amide bonds. The number of phenols is 1. The average Bonchev–Trinajstić information content (AvgIpc) is 2.01. The quantitative estimate of drug-likeness (QED) is 0.756. The van der Waals surface area contributed by atoms with Crippen LogP contribution in [0.3, 0.4) is 0 Å². The van der Waals surface area contributed by atoms with Gasteiger partial charge in [-0.15, -0.1) is 11.8 Å². The minimum atomic E-state index is 0.278. The van der Waals surface area contributed by atoms with Gasteiger partial charge in [0, 0.05) is 15.7 Å². The van der Waals surface area contributed by atoms with Crippen LogP contribution in [0.1, 0.15) is 0 Å². The molecule has 0 aliphatic heterocycles. The van der Waals surface area contributed by atoms with Crippen molar-refractivity contribution < 1.29 is 5.11 Å². The van der Waals surface area contributed by atoms with Crippen molar-refractivity contribution in [2.24, 2.45) is 0 Å². The highest BCUT2D eigenvalue weighted by atomic mass is 35.5. The van der Waals surface area contributed by atoms with Crippen molar-refractivity contribution in [3.8, 4) is 5.75 Å². The van der Waals surface area contributed by atoms with Gasteiger partial charge in [0.15, 0.2) is 0 Å². The second kappa shape index (κ2) is 4.43. The molecule has 0 saturated carbocycles. The van der Waals surface area contributed by atoms with Crippen LogP contribution < -0.4 is 0 Å². The lowest BCUT2D eigenvalue weighted by molar-refractivity contribution is 0.474. The Morgan fingerprint density at radius 2 is 2.33 bits per heavy atom. The van der Waals surface area contributed by atoms with Gasteiger partial charge in [-0.25, -0.2) is 0 Å². The fourth-order valence-electron chi connectivity index (χ4n) is 0.735. The van der Waals surface area contributed by atoms with Gasteiger partial charge < -0.3 is 5.11 Å². The van der Waals surface area contributed by atoms with Crippen LogP contribution >= 0.6 is 23.4 Å². The van der Waals surface area contributed by atoms with Crippen LogP contribution in [0.2, 0.25) is 0 Å². The van der Waals surface area contributed by atoms with Crippen molar-refractivity contribution in [3.63, 3.8) is 0 Å². The van der Waals surface area contributed by atoms with Crippen LogP contribution in [-0.2, 0) is 0 Å². The highest BCUT2D eigenvalue weighted by Gasteiger charge is 1.95. The van der Waals surface area contributed by atoms with E-state index in [-0.39, 0.29) is 5.75 Å². The molecule has 1 N–H and O–H groups in total. The predicted octanol–water partition coefficient (Wildman–Crippen LogP) is 3.24. The topological polar surface area (TPSA) is 20.2 Å². The lowest BCUT2D eigenvalue weighted by Crippen LogP contribution is -1.76. The van der Waals surface area contributed by atoms with Gasteiger partial charge in [0.2, 0.25) is 0 Å². The lowest BCUT2D eigenvalue weighted by atomic mass is 10.3. The van der Waals surface area contributed by atoms with Crippen LogP contribution in [0.15, 0.2) is 40.8 Å². The maximum atomic E-state index is 9.11. The van der Waals surface area contributed by atoms with Crippen LogP contribution in [0.25, 0.3) is 0 Å². The van der Waals surface area contributed by atoms with Gasteiger partial charge in [0.05, 0.1) is 0 Å². The number of halogens is 1. The summed E-state index contributed by atoms with van der Waals surface area (Å²) in [5.41, 5.74) is 0. The van der Waals surface area contributed by atoms with E-state index in [0.717, 1.165) is 4.90 Å². The van der Waals surface area contributed by atoms with Crippen LogP contribution in [0.5, 0.6) is 5.75 Å². The number of hydrogen-bond acceptors (Lipinski definition) is 2. The molecular formula is C9H9ClOS. The molecule has 1 aromatic rings. The molecule has 0 radical (unpaired) electrons. The van der Waals surface area contributed by atoms with Crippen molar-refractivity contribution in [1.82, 2.24) is 0 Å². The number of thioether (sulfide) groups is 1. The fourth-order valence-corrected chi connectivity index (χ4v) is 1.60. The van der Waals surface area contributed by atoms with Gasteiger partial charge in [-0.1, -0.05) is 24.2 Å². The summed E-state index contributed by atoms with van der Waals surface area (Å²) >= 11 is 7.14. The van der Waals surface area contributed by atoms with Crippen molar-refractivity contribution in [1.29, 1.82) is 0 Å². The van der Waals surface area contributed by atoms with Gasteiger partial charge in [-0.2, -0.15) is 0 Å². The van der Waals surface area contributed by atoms with Crippen LogP contribution in [0.4, 0.5) is 0 Å². The van der Waals surface area contributed by atoms with E-state index in [0.29, 0.717) is 10.8 Å². The van der Waals surface area contributed by atoms with E-state index >= 15 is 0 Å². The highest BCUT2D eigenvalue weighted by Crippen LogP contribution is 2.24. The Bertz CT molecular complexity index is 286. The Morgan fingerprint density at radius 3 is 2.92 bits per heavy atom. The Balaban J connectivity index is 2.57. The molecule has 0 saturated heterocycles. The first-order valence-corrected chi connectivity index (χ1v) is 4.80. The van der Waals surface area contributed by atoms with Crippen molar-refractivity contribution in [2.45, 2.75) is 4.90 Å². The second-order valence-corrected chi connectivity index (χ2v) is 3.89. The Morgan fingerprint density at radius 1 is 1.58 bits per heavy atom. The molecule has 64 valence electrons. The van der Waals surface area contributed by atoms with E-state index in [1.54, 1.807) is 30.0 Å². The van der Waals surface area contributed by atoms with E-state index in [2.05, 4.69) is 6.58 Å². The third-order valence-corrected chi connectivity index (χ3v) is 2.59. The van der Waals surface area contributed by atoms with Gasteiger partial charge in [-0.3, -0.25) is 0 Å². The fraction of sp³-hybridized carbons (Fsp3) is 0.111. The van der Waals surface area contributed by atoms with Crippen molar-refractivity contribution >= 4 is 23.4 Å². The van der Waals surface area contributed by atoms with E-state index in [1.165, 1.54) is 0 Å². The van der Waals surface area contributed by atoms with E-state index < -0.39 is 0 Å². The molecule has 0 fully saturated rings. The molecule has 1 rings (SSSR count). The first kappa shape index (κ1) is 9.49. The maximum Gasteiger partial charge on any atom is 0.116 e. The number of hydrogen-bond donors (Lipinski definition) is 1. The molecule has 0 unspecified atom stereocenters. The van der Waals surface area contributed by atoms with Crippen molar-refractivity contribution in [2.75, 3.05) is 5.75 Å². The molecule has 0 atom stereocenters. The molecule has 0 heterocycles. The van der Waals surface area contributed by atoms with Gasteiger partial charge in [0.25, 0.3) is 0 Å². The second-order valence-electron chi connectivity index (χ2n) is 2.30. The molecule has 12 heavy (non-hydrogen) atoms. The number of phenolic OH excluding ortho intramolecular Hbond substituents is 1. The Kier molecular flexibility index (Phi) is 3.50. The predicted molar refractivity (Wildman–Crippen MR) is 53.8 cm³/mol. The zero-order valence-corrected chi connectivity index (χ0v) is 8.03. The summed E-state index contributed by atoms with van der Waals surface area (Å²) in [6.45, 7) is 3.57. The Hall–Kier alpha value is -0.600. The third-order valence-electron chi connectivity index (χ3n) is 1.21. The number of rotatable bonds is 3. The molecule has 0 aliphatic carbocycles. The van der Waals surface area contributed by atoms with Gasteiger partial charge in [-0.05, 0) is 18.2 Å². The highest BCUT2D eigenvalue weighted by molar-refractivity contribution is 7.99. The minimum absolute atomic E-state index is 0.278. The molecule has 1 nitrogen and oxygen atoms in total. The standard InChI is InChI=1S/C9H9ClOS/c1-7(10)6-12-9-4-2-3-8(11)5-9/h2-5,11H,1,6H2. The monoisotopic (exact) mass is 200 g/mol. The zero-order valence-electron chi connectivity index (χ0n) is 6.46. The molecule has 0 bridgehead atoms. The minimum Gasteiger partial charge on any atom is -0.508 e. The summed E-state index contributed by atoms with van der Waals surface area (Å²) in [6, 6.07) is 7.06. The van der Waals surface area contributed by atoms with Crippen molar-refractivity contribution in [3.05, 3.63) is 35.9 Å². The Labute approximate surface area is 81.1 Å². The lowest BCUT2D eigenvalue weighted by Gasteiger charge is -1.99. The number of aromatic hydroxyl groups is 1. The molecule has 0 aliphatic rings. The summed E-state index contributed by atoms with van der Waals surface area (Å²) in [4.78, 5) is 0.997. The third kappa shape index (κ3) is 3.20. The maximum absolute atomic E-state index is 9.11. The summed E-state index contributed by atoms with van der Waals surface area (Å²) in [7, 11) is 0. The molecule has 1 aromatic carbocycles. The van der Waals surface area contributed by atoms with Crippen LogP contribution in [-0.4, -0.2) is 10.9 Å². The normalized spacial score (nSPS) is 9.75. The summed E-state index contributed by atoms with van der Waals surface area (Å²) in [6.07, 6.45) is 0. The van der Waals surface area contributed by atoms with E-state index in [1.807, 2.05) is 6.07 Å². The largest absolute Gasteiger partial charge is 0.508 e. The molecular weight excluding hydrogens is 192 g/mol. The summed E-state index contributed by atoms with van der Waals surface area (Å²) in [5, 5.41) is 9.72. The first-order valence-electron chi connectivity index (χ1n) is 3.43. The summed E-state index contributed by atoms with van der Waals surface area (Å²) in [5.74, 6) is 0.950. The first-order chi connectivity index (χ1) is 5.68.